The zero-order chi connectivity index (χ0) is 17.8. The summed E-state index contributed by atoms with van der Waals surface area (Å²) in [5.41, 5.74) is 5.53. The first kappa shape index (κ1) is 17.3. The number of nitro benzene ring substituents is 1. The molecule has 0 radical (unpaired) electrons. The first-order chi connectivity index (χ1) is 12.1. The molecule has 2 aromatic rings. The lowest BCUT2D eigenvalue weighted by molar-refractivity contribution is -0.384. The van der Waals surface area contributed by atoms with Gasteiger partial charge >= 0.3 is 0 Å². The number of anilines is 1. The predicted octanol–water partition coefficient (Wildman–Crippen LogP) is 3.45. The normalized spacial score (nSPS) is 16.3. The number of pyridine rings is 1. The molecule has 1 aliphatic carbocycles. The number of rotatable bonds is 5. The van der Waals surface area contributed by atoms with E-state index in [4.69, 9.17) is 10.5 Å². The largest absolute Gasteiger partial charge is 0.489 e. The molecule has 1 heterocycles. The van der Waals surface area contributed by atoms with Crippen LogP contribution in [0.25, 0.3) is 0 Å². The van der Waals surface area contributed by atoms with Crippen molar-refractivity contribution >= 4 is 22.2 Å². The van der Waals surface area contributed by atoms with Gasteiger partial charge in [-0.05, 0) is 43.9 Å². The highest BCUT2D eigenvalue weighted by Crippen LogP contribution is 2.36. The number of nitrogens with zero attached hydrogens (tertiary/aromatic N) is 2. The summed E-state index contributed by atoms with van der Waals surface area (Å²) in [6, 6.07) is 5.95. The second-order valence-corrected chi connectivity index (χ2v) is 7.39. The Labute approximate surface area is 147 Å². The van der Waals surface area contributed by atoms with Crippen molar-refractivity contribution in [3.63, 3.8) is 0 Å². The molecule has 0 amide bonds. The molecule has 1 aromatic carbocycles. The summed E-state index contributed by atoms with van der Waals surface area (Å²) in [4.78, 5) is 15.4. The highest BCUT2D eigenvalue weighted by molar-refractivity contribution is 7.85. The van der Waals surface area contributed by atoms with Gasteiger partial charge in [0, 0.05) is 17.3 Å². The number of hydrogen-bond donors (Lipinski definition) is 1. The minimum Gasteiger partial charge on any atom is -0.489 e. The second kappa shape index (κ2) is 7.60. The molecule has 0 unspecified atom stereocenters. The summed E-state index contributed by atoms with van der Waals surface area (Å²) in [6.07, 6.45) is 8.13. The highest BCUT2D eigenvalue weighted by Gasteiger charge is 2.24. The monoisotopic (exact) mass is 361 g/mol. The molecule has 1 aliphatic rings. The molecule has 1 fully saturated rings. The Morgan fingerprint density at radius 1 is 1.20 bits per heavy atom. The van der Waals surface area contributed by atoms with Gasteiger partial charge in [0.15, 0.2) is 0 Å². The van der Waals surface area contributed by atoms with Crippen LogP contribution >= 0.6 is 0 Å². The number of nitrogens with two attached hydrogens (primary N) is 1. The summed E-state index contributed by atoms with van der Waals surface area (Å²) in [7, 11) is -1.56. The van der Waals surface area contributed by atoms with E-state index in [9.17, 15) is 14.3 Å². The standard InChI is InChI=1S/C17H19N3O4S/c18-14-10-17(25(23)13-6-8-19-9-7-13)16(11-15(14)20(21)22)24-12-4-2-1-3-5-12/h6-12H,1-5,18H2/t25-/m1/s1. The molecule has 1 saturated carbocycles. The fourth-order valence-corrected chi connectivity index (χ4v) is 4.06. The Morgan fingerprint density at radius 2 is 1.88 bits per heavy atom. The lowest BCUT2D eigenvalue weighted by Crippen LogP contribution is -2.20. The Morgan fingerprint density at radius 3 is 2.52 bits per heavy atom. The van der Waals surface area contributed by atoms with Crippen LogP contribution in [0, 0.1) is 10.1 Å². The molecule has 0 aliphatic heterocycles. The van der Waals surface area contributed by atoms with Gasteiger partial charge in [-0.3, -0.25) is 15.1 Å². The molecule has 2 N–H and O–H groups in total. The maximum Gasteiger partial charge on any atom is 0.295 e. The lowest BCUT2D eigenvalue weighted by Gasteiger charge is -2.24. The van der Waals surface area contributed by atoms with Gasteiger partial charge in [-0.2, -0.15) is 0 Å². The van der Waals surface area contributed by atoms with Crippen LogP contribution in [0.3, 0.4) is 0 Å². The van der Waals surface area contributed by atoms with Gasteiger partial charge in [0.05, 0.1) is 32.8 Å². The number of hydrogen-bond acceptors (Lipinski definition) is 6. The Kier molecular flexibility index (Phi) is 5.28. The molecule has 0 spiro atoms. The smallest absolute Gasteiger partial charge is 0.295 e. The van der Waals surface area contributed by atoms with E-state index in [0.29, 0.717) is 9.79 Å². The molecule has 1 aromatic heterocycles. The zero-order valence-electron chi connectivity index (χ0n) is 13.6. The van der Waals surface area contributed by atoms with Crippen molar-refractivity contribution in [3.05, 3.63) is 46.8 Å². The average Bonchev–Trinajstić information content (AvgIpc) is 2.63. The lowest BCUT2D eigenvalue weighted by atomic mass is 9.98. The summed E-state index contributed by atoms with van der Waals surface area (Å²) < 4.78 is 18.9. The molecular weight excluding hydrogens is 342 g/mol. The summed E-state index contributed by atoms with van der Waals surface area (Å²) in [5.74, 6) is 0.267. The van der Waals surface area contributed by atoms with Crippen molar-refractivity contribution in [3.8, 4) is 5.75 Å². The van der Waals surface area contributed by atoms with Crippen LogP contribution in [0.15, 0.2) is 46.5 Å². The fraction of sp³-hybridized carbons (Fsp3) is 0.353. The summed E-state index contributed by atoms with van der Waals surface area (Å²) in [5, 5.41) is 11.2. The van der Waals surface area contributed by atoms with E-state index in [1.165, 1.54) is 12.1 Å². The van der Waals surface area contributed by atoms with Crippen molar-refractivity contribution in [1.82, 2.24) is 4.98 Å². The molecule has 3 rings (SSSR count). The average molecular weight is 361 g/mol. The third-order valence-corrected chi connectivity index (χ3v) is 5.62. The Hall–Kier alpha value is -2.48. The highest BCUT2D eigenvalue weighted by atomic mass is 32.2. The second-order valence-electron chi connectivity index (χ2n) is 5.94. The van der Waals surface area contributed by atoms with Crippen molar-refractivity contribution < 1.29 is 13.9 Å². The molecule has 25 heavy (non-hydrogen) atoms. The molecule has 8 heteroatoms. The van der Waals surface area contributed by atoms with Gasteiger partial charge in [-0.25, -0.2) is 4.21 Å². The van der Waals surface area contributed by atoms with Crippen LogP contribution in [-0.4, -0.2) is 20.2 Å². The molecule has 1 atom stereocenters. The van der Waals surface area contributed by atoms with Crippen LogP contribution in [0.2, 0.25) is 0 Å². The molecule has 7 nitrogen and oxygen atoms in total. The Bertz CT molecular complexity index is 792. The van der Waals surface area contributed by atoms with Crippen LogP contribution < -0.4 is 10.5 Å². The molecule has 0 bridgehead atoms. The summed E-state index contributed by atoms with van der Waals surface area (Å²) in [6.45, 7) is 0. The van der Waals surface area contributed by atoms with Crippen LogP contribution in [0.4, 0.5) is 11.4 Å². The molecule has 0 saturated heterocycles. The van der Waals surface area contributed by atoms with Crippen molar-refractivity contribution in [2.45, 2.75) is 48.0 Å². The topological polar surface area (TPSA) is 108 Å². The van der Waals surface area contributed by atoms with Crippen molar-refractivity contribution in [2.75, 3.05) is 5.73 Å². The third kappa shape index (κ3) is 3.96. The van der Waals surface area contributed by atoms with Crippen LogP contribution in [-0.2, 0) is 10.8 Å². The van der Waals surface area contributed by atoms with Crippen LogP contribution in [0.1, 0.15) is 32.1 Å². The maximum atomic E-state index is 12.9. The number of ether oxygens (including phenoxy) is 1. The van der Waals surface area contributed by atoms with Gasteiger partial charge in [-0.1, -0.05) is 6.42 Å². The van der Waals surface area contributed by atoms with E-state index in [1.54, 1.807) is 24.5 Å². The van der Waals surface area contributed by atoms with Gasteiger partial charge in [0.25, 0.3) is 5.69 Å². The van der Waals surface area contributed by atoms with E-state index in [2.05, 4.69) is 4.98 Å². The van der Waals surface area contributed by atoms with Gasteiger partial charge in [-0.15, -0.1) is 0 Å². The maximum absolute atomic E-state index is 12.9. The van der Waals surface area contributed by atoms with Crippen LogP contribution in [0.5, 0.6) is 5.75 Å². The number of benzene rings is 1. The SMILES string of the molecule is Nc1cc([S@](=O)c2ccncc2)c(OC2CCCCC2)cc1[N+](=O)[O-]. The minimum absolute atomic E-state index is 0.0230. The third-order valence-electron chi connectivity index (χ3n) is 4.20. The number of aromatic nitrogens is 1. The van der Waals surface area contributed by atoms with Gasteiger partial charge in [0.1, 0.15) is 11.4 Å². The first-order valence-electron chi connectivity index (χ1n) is 8.12. The first-order valence-corrected chi connectivity index (χ1v) is 9.27. The summed E-state index contributed by atoms with van der Waals surface area (Å²) >= 11 is 0. The fourth-order valence-electron chi connectivity index (χ4n) is 2.91. The van der Waals surface area contributed by atoms with Crippen molar-refractivity contribution in [2.24, 2.45) is 0 Å². The van der Waals surface area contributed by atoms with Crippen molar-refractivity contribution in [1.29, 1.82) is 0 Å². The van der Waals surface area contributed by atoms with E-state index in [1.807, 2.05) is 0 Å². The molecule has 132 valence electrons. The Balaban J connectivity index is 2.01. The molecular formula is C17H19N3O4S. The van der Waals surface area contributed by atoms with E-state index < -0.39 is 15.7 Å². The van der Waals surface area contributed by atoms with Gasteiger partial charge in [0.2, 0.25) is 0 Å². The predicted molar refractivity (Wildman–Crippen MR) is 93.9 cm³/mol. The van der Waals surface area contributed by atoms with E-state index in [0.717, 1.165) is 32.1 Å². The van der Waals surface area contributed by atoms with E-state index in [-0.39, 0.29) is 23.2 Å². The quantitative estimate of drug-likeness (QED) is 0.496. The zero-order valence-corrected chi connectivity index (χ0v) is 14.4. The minimum atomic E-state index is -1.56. The van der Waals surface area contributed by atoms with Gasteiger partial charge < -0.3 is 10.5 Å². The number of nitro groups is 1. The van der Waals surface area contributed by atoms with E-state index >= 15 is 0 Å². The number of nitrogen functional groups attached to an aromatic ring is 1.